The molecule has 2 fully saturated rings. The second-order valence-corrected chi connectivity index (χ2v) is 4.93. The highest BCUT2D eigenvalue weighted by Crippen LogP contribution is 2.36. The molecule has 0 aromatic heterocycles. The van der Waals surface area contributed by atoms with E-state index in [0.717, 1.165) is 6.04 Å². The second-order valence-electron chi connectivity index (χ2n) is 4.93. The van der Waals surface area contributed by atoms with Crippen LogP contribution in [0.15, 0.2) is 0 Å². The third-order valence-corrected chi connectivity index (χ3v) is 3.67. The van der Waals surface area contributed by atoms with Crippen molar-refractivity contribution in [2.75, 3.05) is 13.1 Å². The molecule has 4 atom stereocenters. The van der Waals surface area contributed by atoms with Crippen molar-refractivity contribution in [1.82, 2.24) is 9.80 Å². The minimum atomic E-state index is 0.422. The molecular weight excluding hydrogens is 148 g/mol. The molecule has 2 bridgehead atoms. The third-order valence-electron chi connectivity index (χ3n) is 3.67. The molecule has 2 heterocycles. The SMILES string of the molecule is CC1CC(C)(C)N2CCN1C2C. The summed E-state index contributed by atoms with van der Waals surface area (Å²) < 4.78 is 0. The van der Waals surface area contributed by atoms with Crippen molar-refractivity contribution in [3.05, 3.63) is 0 Å². The van der Waals surface area contributed by atoms with Crippen molar-refractivity contribution in [2.45, 2.75) is 51.9 Å². The summed E-state index contributed by atoms with van der Waals surface area (Å²) in [6.07, 6.45) is 1.99. The Bertz CT molecular complexity index is 188. The Morgan fingerprint density at radius 1 is 1.17 bits per heavy atom. The third kappa shape index (κ3) is 1.01. The van der Waals surface area contributed by atoms with E-state index in [1.807, 2.05) is 0 Å². The van der Waals surface area contributed by atoms with Gasteiger partial charge in [-0.25, -0.2) is 0 Å². The smallest absolute Gasteiger partial charge is 0.0601 e. The van der Waals surface area contributed by atoms with Crippen molar-refractivity contribution in [3.63, 3.8) is 0 Å². The Morgan fingerprint density at radius 2 is 1.83 bits per heavy atom. The summed E-state index contributed by atoms with van der Waals surface area (Å²) in [4.78, 5) is 5.25. The van der Waals surface area contributed by atoms with Crippen LogP contribution in [0.4, 0.5) is 0 Å². The predicted molar refractivity (Wildman–Crippen MR) is 51.0 cm³/mol. The van der Waals surface area contributed by atoms with E-state index >= 15 is 0 Å². The highest BCUT2D eigenvalue weighted by molar-refractivity contribution is 4.99. The maximum Gasteiger partial charge on any atom is 0.0601 e. The molecule has 70 valence electrons. The van der Waals surface area contributed by atoms with Gasteiger partial charge in [-0.15, -0.1) is 0 Å². The fourth-order valence-corrected chi connectivity index (χ4v) is 3.13. The summed E-state index contributed by atoms with van der Waals surface area (Å²) in [5.74, 6) is 0. The lowest BCUT2D eigenvalue weighted by Crippen LogP contribution is -2.57. The molecule has 2 saturated heterocycles. The molecule has 2 aliphatic heterocycles. The minimum absolute atomic E-state index is 0.422. The first kappa shape index (κ1) is 8.52. The molecule has 2 aliphatic rings. The van der Waals surface area contributed by atoms with Gasteiger partial charge in [0.05, 0.1) is 6.17 Å². The topological polar surface area (TPSA) is 6.48 Å². The number of rotatable bonds is 0. The maximum absolute atomic E-state index is 2.63. The van der Waals surface area contributed by atoms with Crippen LogP contribution in [-0.2, 0) is 0 Å². The largest absolute Gasteiger partial charge is 0.284 e. The average Bonchev–Trinajstić information content (AvgIpc) is 2.23. The number of nitrogens with zero attached hydrogens (tertiary/aromatic N) is 2. The van der Waals surface area contributed by atoms with Crippen LogP contribution >= 0.6 is 0 Å². The van der Waals surface area contributed by atoms with Gasteiger partial charge in [-0.2, -0.15) is 0 Å². The summed E-state index contributed by atoms with van der Waals surface area (Å²) in [6, 6.07) is 0.772. The Labute approximate surface area is 75.5 Å². The molecule has 0 aliphatic carbocycles. The summed E-state index contributed by atoms with van der Waals surface area (Å²) >= 11 is 0. The molecule has 0 spiro atoms. The van der Waals surface area contributed by atoms with Gasteiger partial charge >= 0.3 is 0 Å². The fraction of sp³-hybridized carbons (Fsp3) is 1.00. The highest BCUT2D eigenvalue weighted by atomic mass is 15.5. The first-order valence-electron chi connectivity index (χ1n) is 5.05. The van der Waals surface area contributed by atoms with E-state index in [2.05, 4.69) is 37.5 Å². The van der Waals surface area contributed by atoms with Gasteiger partial charge in [0, 0.05) is 24.7 Å². The Balaban J connectivity index is 2.25. The van der Waals surface area contributed by atoms with E-state index in [9.17, 15) is 0 Å². The molecule has 2 rings (SSSR count). The normalized spacial score (nSPS) is 51.0. The van der Waals surface area contributed by atoms with Gasteiger partial charge in [0.25, 0.3) is 0 Å². The molecule has 12 heavy (non-hydrogen) atoms. The van der Waals surface area contributed by atoms with Crippen LogP contribution < -0.4 is 0 Å². The summed E-state index contributed by atoms with van der Waals surface area (Å²) in [7, 11) is 0. The van der Waals surface area contributed by atoms with Gasteiger partial charge in [0.2, 0.25) is 0 Å². The van der Waals surface area contributed by atoms with Gasteiger partial charge in [-0.1, -0.05) is 0 Å². The standard InChI is InChI=1S/C10H20N2/c1-8-7-10(3,4)12-6-5-11(8)9(12)2/h8-9H,5-7H2,1-4H3. The summed E-state index contributed by atoms with van der Waals surface area (Å²) in [5.41, 5.74) is 0.422. The van der Waals surface area contributed by atoms with Crippen LogP contribution in [-0.4, -0.2) is 40.6 Å². The van der Waals surface area contributed by atoms with Crippen LogP contribution in [0.5, 0.6) is 0 Å². The van der Waals surface area contributed by atoms with Crippen LogP contribution in [0.1, 0.15) is 34.1 Å². The molecule has 0 radical (unpaired) electrons. The zero-order valence-electron chi connectivity index (χ0n) is 8.67. The van der Waals surface area contributed by atoms with E-state index in [1.54, 1.807) is 0 Å². The first-order valence-corrected chi connectivity index (χ1v) is 5.05. The van der Waals surface area contributed by atoms with E-state index in [0.29, 0.717) is 11.7 Å². The molecule has 0 aromatic carbocycles. The van der Waals surface area contributed by atoms with Crippen LogP contribution in [0, 0.1) is 0 Å². The van der Waals surface area contributed by atoms with Gasteiger partial charge in [0.1, 0.15) is 0 Å². The molecule has 2 heteroatoms. The van der Waals surface area contributed by atoms with Crippen molar-refractivity contribution in [3.8, 4) is 0 Å². The predicted octanol–water partition coefficient (Wildman–Crippen LogP) is 1.52. The number of hydrogen-bond donors (Lipinski definition) is 0. The summed E-state index contributed by atoms with van der Waals surface area (Å²) in [5, 5.41) is 0. The fourth-order valence-electron chi connectivity index (χ4n) is 3.13. The molecule has 0 saturated carbocycles. The first-order chi connectivity index (χ1) is 5.52. The molecule has 0 N–H and O–H groups in total. The lowest BCUT2D eigenvalue weighted by molar-refractivity contribution is -0.0202. The lowest BCUT2D eigenvalue weighted by atomic mass is 9.91. The van der Waals surface area contributed by atoms with Gasteiger partial charge in [-0.3, -0.25) is 9.80 Å². The van der Waals surface area contributed by atoms with Crippen LogP contribution in [0.25, 0.3) is 0 Å². The van der Waals surface area contributed by atoms with Crippen LogP contribution in [0.3, 0.4) is 0 Å². The van der Waals surface area contributed by atoms with Crippen molar-refractivity contribution in [2.24, 2.45) is 0 Å². The molecule has 2 nitrogen and oxygen atoms in total. The minimum Gasteiger partial charge on any atom is -0.284 e. The van der Waals surface area contributed by atoms with E-state index in [-0.39, 0.29) is 0 Å². The zero-order valence-corrected chi connectivity index (χ0v) is 8.67. The van der Waals surface area contributed by atoms with E-state index in [1.165, 1.54) is 19.5 Å². The highest BCUT2D eigenvalue weighted by Gasteiger charge is 2.45. The van der Waals surface area contributed by atoms with Crippen LogP contribution in [0.2, 0.25) is 0 Å². The second kappa shape index (κ2) is 2.46. The van der Waals surface area contributed by atoms with Crippen molar-refractivity contribution >= 4 is 0 Å². The molecule has 0 amide bonds. The van der Waals surface area contributed by atoms with E-state index < -0.39 is 0 Å². The monoisotopic (exact) mass is 168 g/mol. The lowest BCUT2D eigenvalue weighted by Gasteiger charge is -2.48. The Hall–Kier alpha value is -0.0800. The van der Waals surface area contributed by atoms with Crippen molar-refractivity contribution in [1.29, 1.82) is 0 Å². The van der Waals surface area contributed by atoms with Crippen molar-refractivity contribution < 1.29 is 0 Å². The Morgan fingerprint density at radius 3 is 2.50 bits per heavy atom. The van der Waals surface area contributed by atoms with E-state index in [4.69, 9.17) is 0 Å². The van der Waals surface area contributed by atoms with Gasteiger partial charge in [0.15, 0.2) is 0 Å². The average molecular weight is 168 g/mol. The number of hydrogen-bond acceptors (Lipinski definition) is 2. The van der Waals surface area contributed by atoms with Gasteiger partial charge < -0.3 is 0 Å². The molecule has 0 aromatic rings. The maximum atomic E-state index is 2.63. The van der Waals surface area contributed by atoms with Gasteiger partial charge in [-0.05, 0) is 34.1 Å². The summed E-state index contributed by atoms with van der Waals surface area (Å²) in [6.45, 7) is 12.0. The molecular formula is C10H20N2. The quantitative estimate of drug-likeness (QED) is 0.541. The Kier molecular flexibility index (Phi) is 1.74. The molecule has 4 unspecified atom stereocenters. The number of fused-ring (bicyclic) bond motifs is 2. The zero-order chi connectivity index (χ0) is 8.93.